The standard InChI is InChI=1S/C17H19N3O2/c1-2-9-22-16-8-3-5-13(10-16)12-19-20-17(21)14-6-4-7-15(18)11-14/h3-8,10-12H,2,9,18H2,1H3,(H,20,21)/b19-12-. The van der Waals surface area contributed by atoms with Crippen molar-refractivity contribution in [2.24, 2.45) is 5.10 Å². The molecule has 0 unspecified atom stereocenters. The summed E-state index contributed by atoms with van der Waals surface area (Å²) in [5.74, 6) is 0.481. The SMILES string of the molecule is CCCOc1cccc(/C=N\NC(=O)c2cccc(N)c2)c1. The first-order valence-corrected chi connectivity index (χ1v) is 7.11. The minimum Gasteiger partial charge on any atom is -0.494 e. The van der Waals surface area contributed by atoms with Crippen molar-refractivity contribution in [3.8, 4) is 5.75 Å². The lowest BCUT2D eigenvalue weighted by Crippen LogP contribution is -2.17. The summed E-state index contributed by atoms with van der Waals surface area (Å²) in [6.07, 6.45) is 2.53. The molecule has 0 aliphatic carbocycles. The number of anilines is 1. The van der Waals surface area contributed by atoms with Crippen molar-refractivity contribution in [3.63, 3.8) is 0 Å². The zero-order valence-corrected chi connectivity index (χ0v) is 12.5. The van der Waals surface area contributed by atoms with Crippen LogP contribution >= 0.6 is 0 Å². The summed E-state index contributed by atoms with van der Waals surface area (Å²) in [6.45, 7) is 2.73. The maximum Gasteiger partial charge on any atom is 0.271 e. The van der Waals surface area contributed by atoms with Gasteiger partial charge >= 0.3 is 0 Å². The largest absolute Gasteiger partial charge is 0.494 e. The number of carbonyl (C=O) groups excluding carboxylic acids is 1. The molecule has 0 saturated heterocycles. The Morgan fingerprint density at radius 1 is 1.27 bits per heavy atom. The lowest BCUT2D eigenvalue weighted by Gasteiger charge is -2.04. The van der Waals surface area contributed by atoms with Crippen molar-refractivity contribution in [1.29, 1.82) is 0 Å². The van der Waals surface area contributed by atoms with Gasteiger partial charge in [0.05, 0.1) is 12.8 Å². The molecule has 0 heterocycles. The van der Waals surface area contributed by atoms with Gasteiger partial charge in [-0.05, 0) is 42.3 Å². The first kappa shape index (κ1) is 15.6. The van der Waals surface area contributed by atoms with Gasteiger partial charge in [-0.3, -0.25) is 4.79 Å². The molecule has 0 atom stereocenters. The maximum atomic E-state index is 11.9. The second-order valence-corrected chi connectivity index (χ2v) is 4.75. The van der Waals surface area contributed by atoms with Crippen LogP contribution in [0.3, 0.4) is 0 Å². The Hall–Kier alpha value is -2.82. The van der Waals surface area contributed by atoms with Crippen molar-refractivity contribution in [3.05, 3.63) is 59.7 Å². The molecule has 0 radical (unpaired) electrons. The van der Waals surface area contributed by atoms with E-state index in [1.165, 1.54) is 0 Å². The summed E-state index contributed by atoms with van der Waals surface area (Å²) in [4.78, 5) is 11.9. The lowest BCUT2D eigenvalue weighted by atomic mass is 10.2. The molecule has 114 valence electrons. The molecule has 0 spiro atoms. The molecule has 0 aromatic heterocycles. The van der Waals surface area contributed by atoms with Crippen LogP contribution < -0.4 is 15.9 Å². The number of benzene rings is 2. The fourth-order valence-corrected chi connectivity index (χ4v) is 1.81. The predicted octanol–water partition coefficient (Wildman–Crippen LogP) is 2.82. The quantitative estimate of drug-likeness (QED) is 0.489. The Bertz CT molecular complexity index is 668. The number of nitrogens with zero attached hydrogens (tertiary/aromatic N) is 1. The molecule has 2 aromatic rings. The van der Waals surface area contributed by atoms with Crippen LogP contribution in [0.25, 0.3) is 0 Å². The Balaban J connectivity index is 1.96. The zero-order valence-electron chi connectivity index (χ0n) is 12.5. The van der Waals surface area contributed by atoms with E-state index in [4.69, 9.17) is 10.5 Å². The van der Waals surface area contributed by atoms with Gasteiger partial charge in [0, 0.05) is 11.3 Å². The van der Waals surface area contributed by atoms with Gasteiger partial charge in [0.25, 0.3) is 5.91 Å². The lowest BCUT2D eigenvalue weighted by molar-refractivity contribution is 0.0955. The Morgan fingerprint density at radius 3 is 2.86 bits per heavy atom. The summed E-state index contributed by atoms with van der Waals surface area (Å²) in [5.41, 5.74) is 9.97. The van der Waals surface area contributed by atoms with Gasteiger partial charge in [-0.15, -0.1) is 0 Å². The molecule has 22 heavy (non-hydrogen) atoms. The van der Waals surface area contributed by atoms with Crippen molar-refractivity contribution in [1.82, 2.24) is 5.43 Å². The monoisotopic (exact) mass is 297 g/mol. The molecule has 3 N–H and O–H groups in total. The Labute approximate surface area is 129 Å². The molecule has 2 rings (SSSR count). The summed E-state index contributed by atoms with van der Waals surface area (Å²) in [5, 5.41) is 3.95. The van der Waals surface area contributed by atoms with Gasteiger partial charge in [-0.2, -0.15) is 5.10 Å². The summed E-state index contributed by atoms with van der Waals surface area (Å²) in [6, 6.07) is 14.3. The smallest absolute Gasteiger partial charge is 0.271 e. The predicted molar refractivity (Wildman–Crippen MR) is 88.1 cm³/mol. The van der Waals surface area contributed by atoms with Crippen molar-refractivity contribution < 1.29 is 9.53 Å². The molecule has 5 nitrogen and oxygen atoms in total. The van der Waals surface area contributed by atoms with Crippen LogP contribution in [-0.4, -0.2) is 18.7 Å². The molecule has 0 saturated carbocycles. The highest BCUT2D eigenvalue weighted by atomic mass is 16.5. The zero-order chi connectivity index (χ0) is 15.8. The fraction of sp³-hybridized carbons (Fsp3) is 0.176. The average molecular weight is 297 g/mol. The van der Waals surface area contributed by atoms with Gasteiger partial charge in [-0.25, -0.2) is 5.43 Å². The number of ether oxygens (including phenoxy) is 1. The minimum atomic E-state index is -0.304. The van der Waals surface area contributed by atoms with E-state index in [1.54, 1.807) is 30.5 Å². The van der Waals surface area contributed by atoms with Crippen LogP contribution in [-0.2, 0) is 0 Å². The van der Waals surface area contributed by atoms with Crippen molar-refractivity contribution >= 4 is 17.8 Å². The molecule has 0 bridgehead atoms. The number of nitrogen functional groups attached to an aromatic ring is 1. The highest BCUT2D eigenvalue weighted by molar-refractivity contribution is 5.95. The minimum absolute atomic E-state index is 0.304. The molecule has 0 aliphatic rings. The number of hydrazone groups is 1. The van der Waals surface area contributed by atoms with Crippen LogP contribution in [0, 0.1) is 0 Å². The van der Waals surface area contributed by atoms with Gasteiger partial charge < -0.3 is 10.5 Å². The number of amides is 1. The third kappa shape index (κ3) is 4.63. The molecule has 0 fully saturated rings. The van der Waals surface area contributed by atoms with E-state index < -0.39 is 0 Å². The molecule has 0 aliphatic heterocycles. The number of carbonyl (C=O) groups is 1. The van der Waals surface area contributed by atoms with Crippen molar-refractivity contribution in [2.75, 3.05) is 12.3 Å². The molecular formula is C17H19N3O2. The first-order chi connectivity index (χ1) is 10.7. The van der Waals surface area contributed by atoms with E-state index in [1.807, 2.05) is 24.3 Å². The van der Waals surface area contributed by atoms with Crippen LogP contribution in [0.5, 0.6) is 5.75 Å². The summed E-state index contributed by atoms with van der Waals surface area (Å²) < 4.78 is 5.54. The highest BCUT2D eigenvalue weighted by Gasteiger charge is 2.03. The molecule has 2 aromatic carbocycles. The van der Waals surface area contributed by atoms with Gasteiger partial charge in [0.2, 0.25) is 0 Å². The third-order valence-corrected chi connectivity index (χ3v) is 2.86. The van der Waals surface area contributed by atoms with Crippen LogP contribution in [0.4, 0.5) is 5.69 Å². The number of hydrogen-bond donors (Lipinski definition) is 2. The Morgan fingerprint density at radius 2 is 2.09 bits per heavy atom. The number of rotatable bonds is 6. The topological polar surface area (TPSA) is 76.7 Å². The number of nitrogens with two attached hydrogens (primary N) is 1. The van der Waals surface area contributed by atoms with E-state index in [2.05, 4.69) is 17.5 Å². The maximum absolute atomic E-state index is 11.9. The highest BCUT2D eigenvalue weighted by Crippen LogP contribution is 2.12. The summed E-state index contributed by atoms with van der Waals surface area (Å²) in [7, 11) is 0. The van der Waals surface area contributed by atoms with Gasteiger partial charge in [-0.1, -0.05) is 25.1 Å². The number of nitrogens with one attached hydrogen (secondary N) is 1. The third-order valence-electron chi connectivity index (χ3n) is 2.86. The van der Waals surface area contributed by atoms with Crippen LogP contribution in [0.15, 0.2) is 53.6 Å². The molecule has 1 amide bonds. The molecular weight excluding hydrogens is 278 g/mol. The van der Waals surface area contributed by atoms with E-state index in [-0.39, 0.29) is 5.91 Å². The normalized spacial score (nSPS) is 10.6. The van der Waals surface area contributed by atoms with Gasteiger partial charge in [0.15, 0.2) is 0 Å². The van der Waals surface area contributed by atoms with E-state index in [9.17, 15) is 4.79 Å². The van der Waals surface area contributed by atoms with Crippen LogP contribution in [0.1, 0.15) is 29.3 Å². The second-order valence-electron chi connectivity index (χ2n) is 4.75. The van der Waals surface area contributed by atoms with Gasteiger partial charge in [0.1, 0.15) is 5.75 Å². The van der Waals surface area contributed by atoms with E-state index in [0.29, 0.717) is 17.9 Å². The number of hydrogen-bond acceptors (Lipinski definition) is 4. The van der Waals surface area contributed by atoms with Crippen LogP contribution in [0.2, 0.25) is 0 Å². The second kappa shape index (κ2) is 7.83. The fourth-order valence-electron chi connectivity index (χ4n) is 1.81. The van der Waals surface area contributed by atoms with Crippen molar-refractivity contribution in [2.45, 2.75) is 13.3 Å². The average Bonchev–Trinajstić information content (AvgIpc) is 2.53. The Kier molecular flexibility index (Phi) is 5.54. The van der Waals surface area contributed by atoms with E-state index >= 15 is 0 Å². The molecule has 5 heteroatoms. The van der Waals surface area contributed by atoms with E-state index in [0.717, 1.165) is 17.7 Å². The first-order valence-electron chi connectivity index (χ1n) is 7.11. The summed E-state index contributed by atoms with van der Waals surface area (Å²) >= 11 is 0.